The van der Waals surface area contributed by atoms with Crippen LogP contribution in [0.15, 0.2) is 0 Å². The first-order valence-electron chi connectivity index (χ1n) is 6.51. The van der Waals surface area contributed by atoms with Gasteiger partial charge in [0.25, 0.3) is 0 Å². The lowest BCUT2D eigenvalue weighted by Crippen LogP contribution is -2.42. The van der Waals surface area contributed by atoms with Crippen molar-refractivity contribution >= 4 is 23.2 Å². The molecule has 0 bridgehead atoms. The Morgan fingerprint density at radius 2 is 2.26 bits per heavy atom. The van der Waals surface area contributed by atoms with Crippen molar-refractivity contribution in [2.24, 2.45) is 0 Å². The molecule has 0 aromatic carbocycles. The second kappa shape index (κ2) is 4.72. The van der Waals surface area contributed by atoms with Crippen molar-refractivity contribution in [3.8, 4) is 0 Å². The number of nitrogens with zero attached hydrogens (tertiary/aromatic N) is 3. The van der Waals surface area contributed by atoms with Crippen LogP contribution in [0.5, 0.6) is 0 Å². The number of fused-ring (bicyclic) bond motifs is 3. The van der Waals surface area contributed by atoms with Crippen molar-refractivity contribution in [3.63, 3.8) is 0 Å². The van der Waals surface area contributed by atoms with Crippen LogP contribution in [0.4, 0.5) is 5.82 Å². The van der Waals surface area contributed by atoms with Gasteiger partial charge in [-0.05, 0) is 18.0 Å². The number of halogens is 1. The Labute approximate surface area is 116 Å². The fraction of sp³-hybridized carbons (Fsp3) is 0.615. The molecule has 102 valence electrons. The highest BCUT2D eigenvalue weighted by molar-refractivity contribution is 6.28. The van der Waals surface area contributed by atoms with Gasteiger partial charge in [-0.25, -0.2) is 9.97 Å². The van der Waals surface area contributed by atoms with Crippen LogP contribution in [-0.4, -0.2) is 41.6 Å². The third-order valence-corrected chi connectivity index (χ3v) is 4.14. The number of aromatic nitrogens is 2. The van der Waals surface area contributed by atoms with E-state index in [1.54, 1.807) is 7.11 Å². The van der Waals surface area contributed by atoms with Crippen molar-refractivity contribution in [1.82, 2.24) is 9.97 Å². The Kier molecular flexibility index (Phi) is 3.19. The van der Waals surface area contributed by atoms with Gasteiger partial charge in [-0.2, -0.15) is 0 Å². The Morgan fingerprint density at radius 1 is 1.47 bits per heavy atom. The molecule has 6 heteroatoms. The Bertz CT molecular complexity index is 535. The average Bonchev–Trinajstić information content (AvgIpc) is 2.84. The summed E-state index contributed by atoms with van der Waals surface area (Å²) >= 11 is 5.99. The predicted octanol–water partition coefficient (Wildman–Crippen LogP) is 1.41. The highest BCUT2D eigenvalue weighted by Crippen LogP contribution is 2.35. The molecular formula is C13H16ClN3O2. The molecule has 3 rings (SSSR count). The molecule has 1 saturated heterocycles. The molecule has 0 radical (unpaired) electrons. The number of aryl methyl sites for hydroxylation is 1. The van der Waals surface area contributed by atoms with E-state index in [1.807, 2.05) is 11.8 Å². The second-order valence-electron chi connectivity index (χ2n) is 5.00. The molecule has 0 spiro atoms. The summed E-state index contributed by atoms with van der Waals surface area (Å²) in [7, 11) is 1.68. The molecule has 1 aromatic heterocycles. The molecular weight excluding hydrogens is 266 g/mol. The zero-order chi connectivity index (χ0) is 13.6. The van der Waals surface area contributed by atoms with Gasteiger partial charge in [-0.15, -0.1) is 0 Å². The monoisotopic (exact) mass is 281 g/mol. The zero-order valence-electron chi connectivity index (χ0n) is 11.0. The van der Waals surface area contributed by atoms with Crippen LogP contribution in [-0.2, 0) is 22.4 Å². The largest absolute Gasteiger partial charge is 0.380 e. The van der Waals surface area contributed by atoms with Gasteiger partial charge in [0.15, 0.2) is 5.78 Å². The summed E-state index contributed by atoms with van der Waals surface area (Å²) in [5.41, 5.74) is 1.81. The van der Waals surface area contributed by atoms with E-state index < -0.39 is 0 Å². The van der Waals surface area contributed by atoms with Gasteiger partial charge < -0.3 is 9.64 Å². The minimum Gasteiger partial charge on any atom is -0.380 e. The Hall–Kier alpha value is -1.20. The van der Waals surface area contributed by atoms with Gasteiger partial charge in [-0.3, -0.25) is 4.79 Å². The fourth-order valence-electron chi connectivity index (χ4n) is 3.00. The summed E-state index contributed by atoms with van der Waals surface area (Å²) < 4.78 is 5.38. The van der Waals surface area contributed by atoms with Crippen molar-refractivity contribution < 1.29 is 9.53 Å². The van der Waals surface area contributed by atoms with Crippen molar-refractivity contribution in [2.45, 2.75) is 38.3 Å². The molecule has 0 amide bonds. The van der Waals surface area contributed by atoms with E-state index in [1.165, 1.54) is 0 Å². The number of anilines is 1. The zero-order valence-corrected chi connectivity index (χ0v) is 11.8. The summed E-state index contributed by atoms with van der Waals surface area (Å²) in [6, 6.07) is -0.117. The maximum Gasteiger partial charge on any atom is 0.224 e. The number of carbonyl (C=O) groups excluding carboxylic acids is 1. The number of hydrogen-bond acceptors (Lipinski definition) is 5. The molecule has 0 saturated carbocycles. The quantitative estimate of drug-likeness (QED) is 0.767. The second-order valence-corrected chi connectivity index (χ2v) is 5.34. The highest BCUT2D eigenvalue weighted by atomic mass is 35.5. The first kappa shape index (κ1) is 12.8. The number of ketones is 1. The standard InChI is InChI=1S/C13H16ClN3O2/c1-3-9-8-5-11(18)10-4-7(19-2)6-17(10)12(8)16-13(14)15-9/h7,10H,3-6H2,1-2H3/t7-,10+/m1/s1. The number of carbonyl (C=O) groups is 1. The lowest BCUT2D eigenvalue weighted by Gasteiger charge is -2.31. The first-order valence-corrected chi connectivity index (χ1v) is 6.89. The smallest absolute Gasteiger partial charge is 0.224 e. The van der Waals surface area contributed by atoms with E-state index in [4.69, 9.17) is 16.3 Å². The van der Waals surface area contributed by atoms with E-state index in [-0.39, 0.29) is 23.2 Å². The van der Waals surface area contributed by atoms with Crippen LogP contribution in [0.3, 0.4) is 0 Å². The normalized spacial score (nSPS) is 25.4. The molecule has 2 aliphatic rings. The van der Waals surface area contributed by atoms with Gasteiger partial charge in [0.05, 0.1) is 17.8 Å². The molecule has 1 aromatic rings. The number of methoxy groups -OCH3 is 1. The van der Waals surface area contributed by atoms with E-state index in [0.29, 0.717) is 13.0 Å². The van der Waals surface area contributed by atoms with E-state index in [2.05, 4.69) is 9.97 Å². The molecule has 0 unspecified atom stereocenters. The summed E-state index contributed by atoms with van der Waals surface area (Å²) in [5, 5.41) is 0.254. The molecule has 2 atom stereocenters. The van der Waals surface area contributed by atoms with Gasteiger partial charge in [0, 0.05) is 32.1 Å². The van der Waals surface area contributed by atoms with Gasteiger partial charge in [0.1, 0.15) is 5.82 Å². The van der Waals surface area contributed by atoms with E-state index in [0.717, 1.165) is 29.9 Å². The summed E-state index contributed by atoms with van der Waals surface area (Å²) in [4.78, 5) is 22.9. The predicted molar refractivity (Wildman–Crippen MR) is 71.7 cm³/mol. The van der Waals surface area contributed by atoms with Gasteiger partial charge in [-0.1, -0.05) is 6.92 Å². The van der Waals surface area contributed by atoms with Gasteiger partial charge in [0.2, 0.25) is 5.28 Å². The Balaban J connectivity index is 2.08. The minimum atomic E-state index is -0.117. The van der Waals surface area contributed by atoms with Crippen molar-refractivity contribution in [1.29, 1.82) is 0 Å². The topological polar surface area (TPSA) is 55.3 Å². The molecule has 19 heavy (non-hydrogen) atoms. The lowest BCUT2D eigenvalue weighted by atomic mass is 9.95. The number of ether oxygens (including phenoxy) is 1. The van der Waals surface area contributed by atoms with Crippen LogP contribution in [0.2, 0.25) is 5.28 Å². The van der Waals surface area contributed by atoms with Crippen LogP contribution >= 0.6 is 11.6 Å². The highest BCUT2D eigenvalue weighted by Gasteiger charge is 2.42. The third kappa shape index (κ3) is 2.01. The summed E-state index contributed by atoms with van der Waals surface area (Å²) in [6.07, 6.45) is 1.98. The lowest BCUT2D eigenvalue weighted by molar-refractivity contribution is -0.120. The Morgan fingerprint density at radius 3 is 2.95 bits per heavy atom. The van der Waals surface area contributed by atoms with E-state index in [9.17, 15) is 4.79 Å². The molecule has 1 fully saturated rings. The molecule has 3 heterocycles. The number of rotatable bonds is 2. The minimum absolute atomic E-state index is 0.0821. The van der Waals surface area contributed by atoms with Crippen molar-refractivity contribution in [3.05, 3.63) is 16.5 Å². The van der Waals surface area contributed by atoms with E-state index >= 15 is 0 Å². The molecule has 0 aliphatic carbocycles. The molecule has 5 nitrogen and oxygen atoms in total. The third-order valence-electron chi connectivity index (χ3n) is 3.97. The number of hydrogen-bond donors (Lipinski definition) is 0. The van der Waals surface area contributed by atoms with Gasteiger partial charge >= 0.3 is 0 Å². The van der Waals surface area contributed by atoms with Crippen LogP contribution in [0.1, 0.15) is 24.6 Å². The average molecular weight is 282 g/mol. The fourth-order valence-corrected chi connectivity index (χ4v) is 3.18. The first-order chi connectivity index (χ1) is 9.13. The SMILES string of the molecule is CCc1nc(Cl)nc2c1CC(=O)[C@@H]1C[C@@H](OC)CN21. The molecule has 2 aliphatic heterocycles. The summed E-state index contributed by atoms with van der Waals surface area (Å²) in [5.74, 6) is 1.05. The summed E-state index contributed by atoms with van der Waals surface area (Å²) in [6.45, 7) is 2.70. The van der Waals surface area contributed by atoms with Crippen LogP contribution in [0, 0.1) is 0 Å². The van der Waals surface area contributed by atoms with Crippen molar-refractivity contribution in [2.75, 3.05) is 18.6 Å². The maximum absolute atomic E-state index is 12.3. The van der Waals surface area contributed by atoms with Crippen LogP contribution < -0.4 is 4.90 Å². The maximum atomic E-state index is 12.3. The number of Topliss-reactive ketones (excluding diaryl/α,β-unsaturated/α-hetero) is 1. The molecule has 0 N–H and O–H groups in total. The van der Waals surface area contributed by atoms with Crippen LogP contribution in [0.25, 0.3) is 0 Å².